The molecule has 0 atom stereocenters. The minimum Gasteiger partial charge on any atom is -0.350 e. The van der Waals surface area contributed by atoms with Gasteiger partial charge in [0.05, 0.1) is 16.4 Å². The van der Waals surface area contributed by atoms with E-state index in [1.807, 2.05) is 20.8 Å². The standard InChI is InChI=1S/C20H22Cl2N6O2/c1-4-28-10-17(18(27-28)20(30)23-9-11(2)3)24-19(29)16-8-15(25-26-16)13-6-5-12(21)7-14(13)22/h5-8,10-11H,4,9H2,1-3H3,(H,23,30)(H,24,29)(H,25,26). The van der Waals surface area contributed by atoms with Crippen molar-refractivity contribution in [3.05, 3.63) is 51.9 Å². The van der Waals surface area contributed by atoms with Crippen LogP contribution >= 0.6 is 23.2 Å². The number of aryl methyl sites for hydroxylation is 1. The topological polar surface area (TPSA) is 105 Å². The molecule has 30 heavy (non-hydrogen) atoms. The number of rotatable bonds is 7. The smallest absolute Gasteiger partial charge is 0.273 e. The lowest BCUT2D eigenvalue weighted by atomic mass is 10.1. The Bertz CT molecular complexity index is 1070. The van der Waals surface area contributed by atoms with E-state index in [0.29, 0.717) is 46.0 Å². The number of hydrogen-bond donors (Lipinski definition) is 3. The van der Waals surface area contributed by atoms with Gasteiger partial charge in [0, 0.05) is 29.9 Å². The van der Waals surface area contributed by atoms with E-state index in [2.05, 4.69) is 25.9 Å². The van der Waals surface area contributed by atoms with Crippen molar-refractivity contribution in [3.63, 3.8) is 0 Å². The van der Waals surface area contributed by atoms with Gasteiger partial charge in [-0.2, -0.15) is 10.2 Å². The van der Waals surface area contributed by atoms with E-state index in [-0.39, 0.29) is 17.3 Å². The Balaban J connectivity index is 1.80. The number of anilines is 1. The Kier molecular flexibility index (Phi) is 6.79. The van der Waals surface area contributed by atoms with Gasteiger partial charge < -0.3 is 10.6 Å². The Hall–Kier alpha value is -2.84. The molecule has 10 heteroatoms. The second-order valence-electron chi connectivity index (χ2n) is 7.10. The van der Waals surface area contributed by atoms with Crippen LogP contribution in [0, 0.1) is 5.92 Å². The number of H-pyrrole nitrogens is 1. The molecule has 0 saturated carbocycles. The Morgan fingerprint density at radius 1 is 1.20 bits per heavy atom. The Morgan fingerprint density at radius 3 is 2.63 bits per heavy atom. The van der Waals surface area contributed by atoms with Crippen LogP contribution in [0.5, 0.6) is 0 Å². The first-order valence-corrected chi connectivity index (χ1v) is 10.2. The van der Waals surface area contributed by atoms with Crippen molar-refractivity contribution in [2.24, 2.45) is 5.92 Å². The quantitative estimate of drug-likeness (QED) is 0.502. The number of amides is 2. The molecule has 2 aromatic heterocycles. The lowest BCUT2D eigenvalue weighted by Gasteiger charge is -2.07. The van der Waals surface area contributed by atoms with Crippen molar-refractivity contribution in [3.8, 4) is 11.3 Å². The van der Waals surface area contributed by atoms with E-state index in [9.17, 15) is 9.59 Å². The molecule has 0 aliphatic rings. The molecule has 0 aliphatic carbocycles. The van der Waals surface area contributed by atoms with Gasteiger partial charge in [-0.05, 0) is 37.1 Å². The van der Waals surface area contributed by atoms with E-state index >= 15 is 0 Å². The zero-order valence-corrected chi connectivity index (χ0v) is 18.3. The molecular formula is C20H22Cl2N6O2. The molecule has 0 spiro atoms. The predicted octanol–water partition coefficient (Wildman–Crippen LogP) is 4.24. The average molecular weight is 449 g/mol. The van der Waals surface area contributed by atoms with E-state index < -0.39 is 5.91 Å². The molecule has 3 N–H and O–H groups in total. The predicted molar refractivity (Wildman–Crippen MR) is 117 cm³/mol. The van der Waals surface area contributed by atoms with Crippen LogP contribution in [0.25, 0.3) is 11.3 Å². The lowest BCUT2D eigenvalue weighted by molar-refractivity contribution is 0.0944. The van der Waals surface area contributed by atoms with Crippen LogP contribution < -0.4 is 10.6 Å². The Labute approximate surface area is 183 Å². The summed E-state index contributed by atoms with van der Waals surface area (Å²) < 4.78 is 1.59. The number of nitrogens with one attached hydrogen (secondary N) is 3. The fraction of sp³-hybridized carbons (Fsp3) is 0.300. The molecule has 0 saturated heterocycles. The largest absolute Gasteiger partial charge is 0.350 e. The van der Waals surface area contributed by atoms with E-state index in [1.165, 1.54) is 0 Å². The first-order chi connectivity index (χ1) is 14.3. The molecule has 0 fully saturated rings. The van der Waals surface area contributed by atoms with Crippen LogP contribution in [0.15, 0.2) is 30.5 Å². The highest BCUT2D eigenvalue weighted by Gasteiger charge is 2.20. The fourth-order valence-corrected chi connectivity index (χ4v) is 3.19. The summed E-state index contributed by atoms with van der Waals surface area (Å²) in [6.45, 7) is 6.96. The second-order valence-corrected chi connectivity index (χ2v) is 7.94. The zero-order chi connectivity index (χ0) is 21.8. The first-order valence-electron chi connectivity index (χ1n) is 9.46. The summed E-state index contributed by atoms with van der Waals surface area (Å²) in [5.74, 6) is -0.500. The molecule has 0 bridgehead atoms. The lowest BCUT2D eigenvalue weighted by Crippen LogP contribution is -2.28. The highest BCUT2D eigenvalue weighted by molar-refractivity contribution is 6.36. The van der Waals surface area contributed by atoms with Crippen molar-refractivity contribution in [1.29, 1.82) is 0 Å². The molecule has 3 rings (SSSR count). The van der Waals surface area contributed by atoms with Gasteiger partial charge >= 0.3 is 0 Å². The fourth-order valence-electron chi connectivity index (χ4n) is 2.69. The van der Waals surface area contributed by atoms with Crippen LogP contribution in [-0.2, 0) is 6.54 Å². The second kappa shape index (κ2) is 9.32. The SMILES string of the molecule is CCn1cc(NC(=O)c2cc(-c3ccc(Cl)cc3Cl)n[nH]2)c(C(=O)NCC(C)C)n1. The van der Waals surface area contributed by atoms with E-state index in [1.54, 1.807) is 35.1 Å². The van der Waals surface area contributed by atoms with Crippen LogP contribution in [0.4, 0.5) is 5.69 Å². The number of aromatic nitrogens is 4. The monoisotopic (exact) mass is 448 g/mol. The number of benzene rings is 1. The summed E-state index contributed by atoms with van der Waals surface area (Å²) in [5.41, 5.74) is 1.84. The number of carbonyl (C=O) groups excluding carboxylic acids is 2. The Morgan fingerprint density at radius 2 is 1.97 bits per heavy atom. The summed E-state index contributed by atoms with van der Waals surface area (Å²) >= 11 is 12.1. The third kappa shape index (κ3) is 5.01. The number of halogens is 2. The third-order valence-electron chi connectivity index (χ3n) is 4.25. The average Bonchev–Trinajstić information content (AvgIpc) is 3.33. The summed E-state index contributed by atoms with van der Waals surface area (Å²) in [6, 6.07) is 6.60. The van der Waals surface area contributed by atoms with Gasteiger partial charge in [-0.25, -0.2) is 0 Å². The van der Waals surface area contributed by atoms with Gasteiger partial charge in [0.2, 0.25) is 0 Å². The summed E-state index contributed by atoms with van der Waals surface area (Å²) in [6.07, 6.45) is 1.62. The van der Waals surface area contributed by atoms with Crippen LogP contribution in [0.1, 0.15) is 41.7 Å². The van der Waals surface area contributed by atoms with Gasteiger partial charge in [-0.15, -0.1) is 0 Å². The number of nitrogens with zero attached hydrogens (tertiary/aromatic N) is 3. The number of carbonyl (C=O) groups is 2. The maximum atomic E-state index is 12.7. The highest BCUT2D eigenvalue weighted by Crippen LogP contribution is 2.29. The van der Waals surface area contributed by atoms with Crippen LogP contribution in [-0.4, -0.2) is 38.3 Å². The normalized spacial score (nSPS) is 11.0. The molecule has 0 radical (unpaired) electrons. The van der Waals surface area contributed by atoms with E-state index in [0.717, 1.165) is 0 Å². The van der Waals surface area contributed by atoms with Gasteiger partial charge in [-0.3, -0.25) is 19.4 Å². The van der Waals surface area contributed by atoms with Gasteiger partial charge in [0.1, 0.15) is 5.69 Å². The molecule has 1 aromatic carbocycles. The minimum atomic E-state index is -0.451. The van der Waals surface area contributed by atoms with Crippen LogP contribution in [0.2, 0.25) is 10.0 Å². The maximum absolute atomic E-state index is 12.7. The molecule has 3 aromatic rings. The van der Waals surface area contributed by atoms with Gasteiger partial charge in [0.25, 0.3) is 11.8 Å². The van der Waals surface area contributed by atoms with Gasteiger partial charge in [-0.1, -0.05) is 37.0 Å². The van der Waals surface area contributed by atoms with Crippen molar-refractivity contribution in [2.45, 2.75) is 27.3 Å². The first kappa shape index (κ1) is 21.9. The van der Waals surface area contributed by atoms with E-state index in [4.69, 9.17) is 23.2 Å². The van der Waals surface area contributed by atoms with Crippen molar-refractivity contribution in [2.75, 3.05) is 11.9 Å². The molecular weight excluding hydrogens is 427 g/mol. The molecule has 2 heterocycles. The summed E-state index contributed by atoms with van der Waals surface area (Å²) in [4.78, 5) is 25.2. The summed E-state index contributed by atoms with van der Waals surface area (Å²) in [5, 5.41) is 17.6. The maximum Gasteiger partial charge on any atom is 0.273 e. The van der Waals surface area contributed by atoms with Gasteiger partial charge in [0.15, 0.2) is 5.69 Å². The molecule has 0 aliphatic heterocycles. The van der Waals surface area contributed by atoms with Crippen LogP contribution in [0.3, 0.4) is 0 Å². The number of aromatic amines is 1. The number of hydrogen-bond acceptors (Lipinski definition) is 4. The van der Waals surface area contributed by atoms with Crippen molar-refractivity contribution >= 4 is 40.7 Å². The summed E-state index contributed by atoms with van der Waals surface area (Å²) in [7, 11) is 0. The molecule has 2 amide bonds. The van der Waals surface area contributed by atoms with Crippen molar-refractivity contribution < 1.29 is 9.59 Å². The zero-order valence-electron chi connectivity index (χ0n) is 16.8. The highest BCUT2D eigenvalue weighted by atomic mass is 35.5. The third-order valence-corrected chi connectivity index (χ3v) is 4.80. The molecule has 8 nitrogen and oxygen atoms in total. The minimum absolute atomic E-state index is 0.159. The van der Waals surface area contributed by atoms with Crippen molar-refractivity contribution in [1.82, 2.24) is 25.3 Å². The molecule has 0 unspecified atom stereocenters. The molecule has 158 valence electrons.